The zero-order valence-electron chi connectivity index (χ0n) is 10.7. The Kier molecular flexibility index (Phi) is 2.79. The maximum absolute atomic E-state index is 2.51. The minimum atomic E-state index is 0.609. The Morgan fingerprint density at radius 1 is 1.33 bits per heavy atom. The van der Waals surface area contributed by atoms with E-state index in [0.29, 0.717) is 5.41 Å². The third kappa shape index (κ3) is 1.91. The molecule has 0 heterocycles. The SMILES string of the molecule is CC1=CCC[C@@]2(C)CCC(=C(C)C)C[C@@H]12. The van der Waals surface area contributed by atoms with Crippen LogP contribution < -0.4 is 0 Å². The first-order valence-corrected chi connectivity index (χ1v) is 6.35. The van der Waals surface area contributed by atoms with Crippen molar-refractivity contribution >= 4 is 0 Å². The van der Waals surface area contributed by atoms with Crippen molar-refractivity contribution in [1.82, 2.24) is 0 Å². The lowest BCUT2D eigenvalue weighted by atomic mass is 9.59. The summed E-state index contributed by atoms with van der Waals surface area (Å²) in [6, 6.07) is 0. The van der Waals surface area contributed by atoms with Crippen molar-refractivity contribution < 1.29 is 0 Å². The van der Waals surface area contributed by atoms with Crippen molar-refractivity contribution in [2.75, 3.05) is 0 Å². The number of fused-ring (bicyclic) bond motifs is 1. The van der Waals surface area contributed by atoms with Gasteiger partial charge in [0.15, 0.2) is 0 Å². The zero-order valence-corrected chi connectivity index (χ0v) is 10.7. The van der Waals surface area contributed by atoms with Gasteiger partial charge in [0, 0.05) is 0 Å². The molecule has 0 spiro atoms. The van der Waals surface area contributed by atoms with Crippen molar-refractivity contribution in [3.8, 4) is 0 Å². The lowest BCUT2D eigenvalue weighted by Crippen LogP contribution is -2.34. The highest BCUT2D eigenvalue weighted by molar-refractivity contribution is 5.23. The van der Waals surface area contributed by atoms with Gasteiger partial charge in [-0.1, -0.05) is 29.7 Å². The molecular formula is C15H24. The summed E-state index contributed by atoms with van der Waals surface area (Å²) in [7, 11) is 0. The quantitative estimate of drug-likeness (QED) is 0.494. The van der Waals surface area contributed by atoms with Crippen LogP contribution in [0.15, 0.2) is 22.8 Å². The van der Waals surface area contributed by atoms with Crippen molar-refractivity contribution in [3.63, 3.8) is 0 Å². The van der Waals surface area contributed by atoms with Crippen LogP contribution in [0.3, 0.4) is 0 Å². The molecule has 0 saturated heterocycles. The second-order valence-corrected chi connectivity index (χ2v) is 6.00. The van der Waals surface area contributed by atoms with E-state index >= 15 is 0 Å². The molecule has 0 amide bonds. The van der Waals surface area contributed by atoms with Gasteiger partial charge in [-0.05, 0) is 64.2 Å². The molecule has 15 heavy (non-hydrogen) atoms. The Bertz CT molecular complexity index is 315. The summed E-state index contributed by atoms with van der Waals surface area (Å²) >= 11 is 0. The Morgan fingerprint density at radius 3 is 2.73 bits per heavy atom. The van der Waals surface area contributed by atoms with Gasteiger partial charge in [-0.3, -0.25) is 0 Å². The van der Waals surface area contributed by atoms with E-state index in [1.807, 2.05) is 0 Å². The molecule has 1 fully saturated rings. The molecule has 0 aromatic carbocycles. The highest BCUT2D eigenvalue weighted by Crippen LogP contribution is 2.52. The van der Waals surface area contributed by atoms with Crippen LogP contribution in [0.5, 0.6) is 0 Å². The van der Waals surface area contributed by atoms with Gasteiger partial charge in [0.1, 0.15) is 0 Å². The highest BCUT2D eigenvalue weighted by atomic mass is 14.4. The Balaban J connectivity index is 2.27. The summed E-state index contributed by atoms with van der Waals surface area (Å²) in [6.45, 7) is 9.41. The Labute approximate surface area is 94.5 Å². The molecule has 0 aromatic heterocycles. The van der Waals surface area contributed by atoms with Gasteiger partial charge in [-0.15, -0.1) is 0 Å². The highest BCUT2D eigenvalue weighted by Gasteiger charge is 2.40. The average Bonchev–Trinajstić information content (AvgIpc) is 2.17. The number of rotatable bonds is 0. The molecule has 1 saturated carbocycles. The molecule has 0 unspecified atom stereocenters. The van der Waals surface area contributed by atoms with Gasteiger partial charge >= 0.3 is 0 Å². The second kappa shape index (κ2) is 3.81. The van der Waals surface area contributed by atoms with Gasteiger partial charge < -0.3 is 0 Å². The molecule has 0 N–H and O–H groups in total. The van der Waals surface area contributed by atoms with E-state index in [2.05, 4.69) is 33.8 Å². The van der Waals surface area contributed by atoms with Crippen LogP contribution in [0, 0.1) is 11.3 Å². The second-order valence-electron chi connectivity index (χ2n) is 6.00. The first kappa shape index (κ1) is 11.0. The van der Waals surface area contributed by atoms with Crippen molar-refractivity contribution in [2.24, 2.45) is 11.3 Å². The third-order valence-corrected chi connectivity index (χ3v) is 4.73. The smallest absolute Gasteiger partial charge is 0.0114 e. The molecule has 84 valence electrons. The fourth-order valence-corrected chi connectivity index (χ4v) is 3.44. The lowest BCUT2D eigenvalue weighted by molar-refractivity contribution is 0.146. The van der Waals surface area contributed by atoms with Gasteiger partial charge in [0.05, 0.1) is 0 Å². The fourth-order valence-electron chi connectivity index (χ4n) is 3.44. The van der Waals surface area contributed by atoms with Gasteiger partial charge in [0.2, 0.25) is 0 Å². The molecule has 2 rings (SSSR count). The monoisotopic (exact) mass is 204 g/mol. The van der Waals surface area contributed by atoms with E-state index < -0.39 is 0 Å². The average molecular weight is 204 g/mol. The Hall–Kier alpha value is -0.520. The van der Waals surface area contributed by atoms with Gasteiger partial charge in [-0.25, -0.2) is 0 Å². The molecule has 0 aliphatic heterocycles. The van der Waals surface area contributed by atoms with E-state index in [1.165, 1.54) is 32.1 Å². The van der Waals surface area contributed by atoms with Crippen LogP contribution in [-0.4, -0.2) is 0 Å². The third-order valence-electron chi connectivity index (χ3n) is 4.73. The first-order valence-electron chi connectivity index (χ1n) is 6.35. The van der Waals surface area contributed by atoms with Crippen LogP contribution in [0.2, 0.25) is 0 Å². The van der Waals surface area contributed by atoms with Gasteiger partial charge in [-0.2, -0.15) is 0 Å². The summed E-state index contributed by atoms with van der Waals surface area (Å²) in [5.74, 6) is 0.838. The van der Waals surface area contributed by atoms with Gasteiger partial charge in [0.25, 0.3) is 0 Å². The summed E-state index contributed by atoms with van der Waals surface area (Å²) in [4.78, 5) is 0. The van der Waals surface area contributed by atoms with E-state index in [1.54, 1.807) is 16.7 Å². The normalized spacial score (nSPS) is 35.9. The predicted octanol–water partition coefficient (Wildman–Crippen LogP) is 4.87. The number of hydrogen-bond donors (Lipinski definition) is 0. The number of hydrogen-bond acceptors (Lipinski definition) is 0. The molecule has 2 aliphatic rings. The molecule has 2 aliphatic carbocycles. The van der Waals surface area contributed by atoms with Crippen molar-refractivity contribution in [1.29, 1.82) is 0 Å². The van der Waals surface area contributed by atoms with Crippen LogP contribution in [0.1, 0.15) is 59.8 Å². The topological polar surface area (TPSA) is 0 Å². The fraction of sp³-hybridized carbons (Fsp3) is 0.733. The van der Waals surface area contributed by atoms with E-state index in [-0.39, 0.29) is 0 Å². The summed E-state index contributed by atoms with van der Waals surface area (Å²) in [5.41, 5.74) is 5.56. The van der Waals surface area contributed by atoms with E-state index in [0.717, 1.165) is 5.92 Å². The largest absolute Gasteiger partial charge is 0.0853 e. The van der Waals surface area contributed by atoms with E-state index in [4.69, 9.17) is 0 Å². The van der Waals surface area contributed by atoms with Crippen LogP contribution >= 0.6 is 0 Å². The molecule has 0 aromatic rings. The maximum atomic E-state index is 2.51. The summed E-state index contributed by atoms with van der Waals surface area (Å²) in [5, 5.41) is 0. The number of allylic oxidation sites excluding steroid dienone is 4. The maximum Gasteiger partial charge on any atom is -0.0114 e. The van der Waals surface area contributed by atoms with Crippen LogP contribution in [-0.2, 0) is 0 Å². The molecular weight excluding hydrogens is 180 g/mol. The Morgan fingerprint density at radius 2 is 2.07 bits per heavy atom. The minimum absolute atomic E-state index is 0.609. The molecule has 0 bridgehead atoms. The molecule has 0 nitrogen and oxygen atoms in total. The lowest BCUT2D eigenvalue weighted by Gasteiger charge is -2.46. The first-order chi connectivity index (χ1) is 7.03. The predicted molar refractivity (Wildman–Crippen MR) is 66.8 cm³/mol. The van der Waals surface area contributed by atoms with Crippen LogP contribution in [0.4, 0.5) is 0 Å². The zero-order chi connectivity index (χ0) is 11.1. The van der Waals surface area contributed by atoms with Crippen molar-refractivity contribution in [2.45, 2.75) is 59.8 Å². The van der Waals surface area contributed by atoms with Crippen molar-refractivity contribution in [3.05, 3.63) is 22.8 Å². The molecule has 0 radical (unpaired) electrons. The minimum Gasteiger partial charge on any atom is -0.0853 e. The molecule has 2 atom stereocenters. The standard InChI is InChI=1S/C15H24/c1-11(2)13-7-9-15(4)8-5-6-12(3)14(15)10-13/h6,14H,5,7-10H2,1-4H3/t14-,15-/m0/s1. The van der Waals surface area contributed by atoms with E-state index in [9.17, 15) is 0 Å². The van der Waals surface area contributed by atoms with Crippen LogP contribution in [0.25, 0.3) is 0 Å². The summed E-state index contributed by atoms with van der Waals surface area (Å²) < 4.78 is 0. The summed E-state index contributed by atoms with van der Waals surface area (Å²) in [6.07, 6.45) is 9.28. The molecule has 0 heteroatoms.